The van der Waals surface area contributed by atoms with E-state index in [0.29, 0.717) is 10.8 Å². The maximum Gasteiger partial charge on any atom is 0.125 e. The molecule has 7 atom stereocenters. The van der Waals surface area contributed by atoms with Gasteiger partial charge in [-0.3, -0.25) is 0 Å². The lowest BCUT2D eigenvalue weighted by molar-refractivity contribution is -0.0592. The zero-order valence-corrected chi connectivity index (χ0v) is 22.2. The molecule has 0 N–H and O–H groups in total. The van der Waals surface area contributed by atoms with Gasteiger partial charge in [0, 0.05) is 0 Å². The largest absolute Gasteiger partial charge is 0.466 e. The van der Waals surface area contributed by atoms with Gasteiger partial charge in [0.25, 0.3) is 0 Å². The van der Waals surface area contributed by atoms with E-state index in [1.807, 2.05) is 5.57 Å². The third kappa shape index (κ3) is 5.10. The van der Waals surface area contributed by atoms with Gasteiger partial charge in [-0.2, -0.15) is 0 Å². The molecule has 4 aliphatic carbocycles. The quantitative estimate of drug-likeness (QED) is 0.385. The Morgan fingerprint density at radius 3 is 2.27 bits per heavy atom. The average molecular weight is 455 g/mol. The van der Waals surface area contributed by atoms with E-state index in [-0.39, 0.29) is 0 Å². The van der Waals surface area contributed by atoms with Gasteiger partial charge in [0.2, 0.25) is 0 Å². The molecule has 33 heavy (non-hydrogen) atoms. The van der Waals surface area contributed by atoms with Crippen molar-refractivity contribution in [3.63, 3.8) is 0 Å². The van der Waals surface area contributed by atoms with Crippen molar-refractivity contribution in [3.8, 4) is 0 Å². The highest BCUT2D eigenvalue weighted by atomic mass is 16.5. The predicted octanol–water partition coefficient (Wildman–Crippen LogP) is 9.39. The maximum absolute atomic E-state index is 4.58. The third-order valence-electron chi connectivity index (χ3n) is 10.7. The van der Waals surface area contributed by atoms with Crippen LogP contribution in [-0.2, 0) is 9.47 Å². The molecule has 5 aliphatic rings. The van der Waals surface area contributed by atoms with E-state index in [2.05, 4.69) is 50.2 Å². The van der Waals surface area contributed by atoms with Gasteiger partial charge in [0.15, 0.2) is 0 Å². The van der Waals surface area contributed by atoms with Crippen molar-refractivity contribution in [2.24, 2.45) is 46.3 Å². The van der Waals surface area contributed by atoms with Crippen molar-refractivity contribution in [2.75, 3.05) is 0 Å². The second-order valence-electron chi connectivity index (χ2n) is 12.8. The topological polar surface area (TPSA) is 18.5 Å². The normalized spacial score (nSPS) is 39.8. The summed E-state index contributed by atoms with van der Waals surface area (Å²) in [7, 11) is 0. The van der Waals surface area contributed by atoms with Crippen LogP contribution in [0.5, 0.6) is 0 Å². The fourth-order valence-corrected chi connectivity index (χ4v) is 9.00. The van der Waals surface area contributed by atoms with Gasteiger partial charge in [-0.05, 0) is 104 Å². The number of fused-ring (bicyclic) bond motifs is 5. The molecule has 0 bridgehead atoms. The van der Waals surface area contributed by atoms with Gasteiger partial charge in [-0.15, -0.1) is 0 Å². The molecule has 1 aliphatic heterocycles. The molecule has 5 rings (SSSR count). The fourth-order valence-electron chi connectivity index (χ4n) is 9.00. The summed E-state index contributed by atoms with van der Waals surface area (Å²) in [5, 5.41) is 0. The van der Waals surface area contributed by atoms with Crippen molar-refractivity contribution < 1.29 is 9.47 Å². The van der Waals surface area contributed by atoms with Crippen LogP contribution in [0.15, 0.2) is 36.7 Å². The van der Waals surface area contributed by atoms with Crippen LogP contribution in [0.4, 0.5) is 0 Å². The van der Waals surface area contributed by atoms with E-state index in [0.717, 1.165) is 35.5 Å². The Hall–Kier alpha value is -1.18. The molecule has 0 spiro atoms. The first-order chi connectivity index (χ1) is 15.9. The Balaban J connectivity index is 0.000000376. The van der Waals surface area contributed by atoms with Crippen LogP contribution >= 0.6 is 0 Å². The molecular weight excluding hydrogens is 404 g/mol. The van der Waals surface area contributed by atoms with Crippen LogP contribution in [0.1, 0.15) is 112 Å². The fraction of sp³-hybridized carbons (Fsp3) is 0.806. The Kier molecular flexibility index (Phi) is 8.02. The molecule has 3 saturated carbocycles. The van der Waals surface area contributed by atoms with Crippen LogP contribution in [0.2, 0.25) is 0 Å². The summed E-state index contributed by atoms with van der Waals surface area (Å²) < 4.78 is 9.17. The Labute approximate surface area is 204 Å². The van der Waals surface area contributed by atoms with Crippen LogP contribution < -0.4 is 0 Å². The van der Waals surface area contributed by atoms with Crippen LogP contribution in [-0.4, -0.2) is 0 Å². The van der Waals surface area contributed by atoms with Gasteiger partial charge < -0.3 is 9.47 Å². The Morgan fingerprint density at radius 1 is 0.879 bits per heavy atom. The van der Waals surface area contributed by atoms with E-state index >= 15 is 0 Å². The van der Waals surface area contributed by atoms with Gasteiger partial charge in [-0.1, -0.05) is 65.5 Å². The SMILES string of the molecule is C1=COC=CO1.CC(C)CCC[C@@H](C)[C@H]1CC[C@H]2[C@@H]3CCC4=CCCC[C@]4(C)[C@H]3CC[C@]12C. The van der Waals surface area contributed by atoms with E-state index in [4.69, 9.17) is 0 Å². The van der Waals surface area contributed by atoms with Gasteiger partial charge in [0.05, 0.1) is 0 Å². The zero-order chi connectivity index (χ0) is 23.5. The van der Waals surface area contributed by atoms with E-state index < -0.39 is 0 Å². The summed E-state index contributed by atoms with van der Waals surface area (Å²) in [5.74, 6) is 5.91. The molecule has 0 aromatic heterocycles. The minimum Gasteiger partial charge on any atom is -0.466 e. The lowest BCUT2D eigenvalue weighted by atomic mass is 9.46. The molecule has 0 unspecified atom stereocenters. The average Bonchev–Trinajstić information content (AvgIpc) is 3.17. The molecule has 0 aromatic rings. The third-order valence-corrected chi connectivity index (χ3v) is 10.7. The molecule has 0 saturated heterocycles. The van der Waals surface area contributed by atoms with Crippen LogP contribution in [0, 0.1) is 46.3 Å². The number of hydrogen-bond donors (Lipinski definition) is 0. The molecule has 2 nitrogen and oxygen atoms in total. The molecule has 1 heterocycles. The zero-order valence-electron chi connectivity index (χ0n) is 22.2. The second kappa shape index (κ2) is 10.6. The van der Waals surface area contributed by atoms with Crippen molar-refractivity contribution in [1.29, 1.82) is 0 Å². The smallest absolute Gasteiger partial charge is 0.125 e. The van der Waals surface area contributed by atoms with E-state index in [1.54, 1.807) is 6.42 Å². The van der Waals surface area contributed by atoms with Crippen molar-refractivity contribution in [1.82, 2.24) is 0 Å². The monoisotopic (exact) mass is 454 g/mol. The highest BCUT2D eigenvalue weighted by Crippen LogP contribution is 2.67. The minimum atomic E-state index is 0.573. The molecule has 0 amide bonds. The van der Waals surface area contributed by atoms with Gasteiger partial charge in [-0.25, -0.2) is 0 Å². The van der Waals surface area contributed by atoms with Crippen LogP contribution in [0.25, 0.3) is 0 Å². The van der Waals surface area contributed by atoms with Crippen LogP contribution in [0.3, 0.4) is 0 Å². The van der Waals surface area contributed by atoms with Crippen molar-refractivity contribution >= 4 is 0 Å². The first-order valence-electron chi connectivity index (χ1n) is 14.2. The Morgan fingerprint density at radius 2 is 1.61 bits per heavy atom. The summed E-state index contributed by atoms with van der Waals surface area (Å²) in [4.78, 5) is 0. The first-order valence-corrected chi connectivity index (χ1v) is 14.2. The number of rotatable bonds is 5. The van der Waals surface area contributed by atoms with E-state index in [9.17, 15) is 0 Å². The van der Waals surface area contributed by atoms with Gasteiger partial charge >= 0.3 is 0 Å². The van der Waals surface area contributed by atoms with Crippen molar-refractivity contribution in [2.45, 2.75) is 112 Å². The number of allylic oxidation sites excluding steroid dienone is 2. The molecule has 2 heteroatoms. The lowest BCUT2D eigenvalue weighted by Crippen LogP contribution is -2.50. The Bertz CT molecular complexity index is 713. The molecule has 186 valence electrons. The molecular formula is C31H50O2. The summed E-state index contributed by atoms with van der Waals surface area (Å²) in [6, 6.07) is 0. The summed E-state index contributed by atoms with van der Waals surface area (Å²) in [6.07, 6.45) is 26.2. The second-order valence-corrected chi connectivity index (χ2v) is 12.8. The summed E-state index contributed by atoms with van der Waals surface area (Å²) >= 11 is 0. The van der Waals surface area contributed by atoms with Gasteiger partial charge in [0.1, 0.15) is 25.0 Å². The number of hydrogen-bond acceptors (Lipinski definition) is 2. The highest BCUT2D eigenvalue weighted by molar-refractivity contribution is 5.23. The summed E-state index contributed by atoms with van der Waals surface area (Å²) in [5.41, 5.74) is 3.10. The van der Waals surface area contributed by atoms with Crippen molar-refractivity contribution in [3.05, 3.63) is 36.7 Å². The molecule has 3 fully saturated rings. The number of ether oxygens (including phenoxy) is 2. The first kappa shape index (κ1) is 24.9. The standard InChI is InChI=1S/C27H46.C4H4O2/c1-19(2)9-8-10-20(3)23-14-15-24-22-13-12-21-11-6-7-17-26(21,4)25(22)16-18-27(23,24)5;1-2-6-4-3-5-1/h11,19-20,22-25H,6-10,12-18H2,1-5H3;1-4H/t20-,22+,23-,24+,25+,26+,27-;/m1./s1. The highest BCUT2D eigenvalue weighted by Gasteiger charge is 2.59. The molecule has 0 radical (unpaired) electrons. The van der Waals surface area contributed by atoms with E-state index in [1.165, 1.54) is 95.7 Å². The summed E-state index contributed by atoms with van der Waals surface area (Å²) in [6.45, 7) is 12.8. The maximum atomic E-state index is 4.58. The lowest BCUT2D eigenvalue weighted by Gasteiger charge is -2.58. The predicted molar refractivity (Wildman–Crippen MR) is 138 cm³/mol. The minimum absolute atomic E-state index is 0.573. The molecule has 0 aromatic carbocycles.